The van der Waals surface area contributed by atoms with Crippen molar-refractivity contribution in [1.82, 2.24) is 0 Å². The minimum atomic E-state index is -0.662. The van der Waals surface area contributed by atoms with Crippen LogP contribution in [0.25, 0.3) is 0 Å². The number of hydrogen-bond acceptors (Lipinski definition) is 3. The van der Waals surface area contributed by atoms with Gasteiger partial charge in [0.05, 0.1) is 23.8 Å². The van der Waals surface area contributed by atoms with Crippen LogP contribution < -0.4 is 0 Å². The fourth-order valence-corrected chi connectivity index (χ4v) is 2.42. The van der Waals surface area contributed by atoms with Crippen molar-refractivity contribution in [3.05, 3.63) is 28.5 Å². The largest absolute Gasteiger partial charge is 0.346 e. The SMILES string of the molecule is CSc1ccc(F)c(C2OCCO2)c1Cl. The van der Waals surface area contributed by atoms with Gasteiger partial charge in [-0.15, -0.1) is 11.8 Å². The lowest BCUT2D eigenvalue weighted by molar-refractivity contribution is -0.0465. The third-order valence-electron chi connectivity index (χ3n) is 2.17. The van der Waals surface area contributed by atoms with Crippen molar-refractivity contribution in [1.29, 1.82) is 0 Å². The van der Waals surface area contributed by atoms with Crippen LogP contribution in [-0.2, 0) is 9.47 Å². The number of benzene rings is 1. The highest BCUT2D eigenvalue weighted by Crippen LogP contribution is 2.37. The number of hydrogen-bond donors (Lipinski definition) is 0. The molecule has 0 bridgehead atoms. The van der Waals surface area contributed by atoms with Gasteiger partial charge in [-0.1, -0.05) is 11.6 Å². The molecular weight excluding hydrogens is 239 g/mol. The summed E-state index contributed by atoms with van der Waals surface area (Å²) in [5.74, 6) is -0.385. The molecule has 0 aliphatic carbocycles. The van der Waals surface area contributed by atoms with Gasteiger partial charge in [0.25, 0.3) is 0 Å². The molecule has 0 radical (unpaired) electrons. The summed E-state index contributed by atoms with van der Waals surface area (Å²) in [5.41, 5.74) is 0.306. The summed E-state index contributed by atoms with van der Waals surface area (Å²) in [5, 5.41) is 0.384. The lowest BCUT2D eigenvalue weighted by atomic mass is 10.2. The molecule has 1 fully saturated rings. The van der Waals surface area contributed by atoms with Gasteiger partial charge in [0, 0.05) is 4.90 Å². The highest BCUT2D eigenvalue weighted by atomic mass is 35.5. The second-order valence-corrected chi connectivity index (χ2v) is 4.28. The van der Waals surface area contributed by atoms with Gasteiger partial charge in [-0.3, -0.25) is 0 Å². The van der Waals surface area contributed by atoms with E-state index in [1.165, 1.54) is 17.8 Å². The lowest BCUT2D eigenvalue weighted by Gasteiger charge is -2.14. The van der Waals surface area contributed by atoms with Crippen LogP contribution in [0, 0.1) is 5.82 Å². The average Bonchev–Trinajstić information content (AvgIpc) is 2.71. The molecule has 1 aliphatic rings. The average molecular weight is 249 g/mol. The molecule has 1 heterocycles. The second kappa shape index (κ2) is 4.70. The van der Waals surface area contributed by atoms with E-state index >= 15 is 0 Å². The summed E-state index contributed by atoms with van der Waals surface area (Å²) in [6.07, 6.45) is 1.23. The molecule has 0 unspecified atom stereocenters. The van der Waals surface area contributed by atoms with Crippen LogP contribution >= 0.6 is 23.4 Å². The van der Waals surface area contributed by atoms with Crippen LogP contribution in [0.15, 0.2) is 17.0 Å². The molecule has 0 spiro atoms. The predicted molar refractivity (Wildman–Crippen MR) is 57.8 cm³/mol. The lowest BCUT2D eigenvalue weighted by Crippen LogP contribution is -2.03. The van der Waals surface area contributed by atoms with Crippen LogP contribution in [0.1, 0.15) is 11.9 Å². The van der Waals surface area contributed by atoms with Crippen molar-refractivity contribution in [2.45, 2.75) is 11.2 Å². The predicted octanol–water partition coefficient (Wildman–Crippen LogP) is 3.25. The van der Waals surface area contributed by atoms with E-state index in [1.54, 1.807) is 6.07 Å². The Balaban J connectivity index is 2.43. The molecule has 1 saturated heterocycles. The number of thioether (sulfide) groups is 1. The molecule has 1 aromatic rings. The quantitative estimate of drug-likeness (QED) is 0.749. The summed E-state index contributed by atoms with van der Waals surface area (Å²) < 4.78 is 24.1. The molecule has 1 aliphatic heterocycles. The fraction of sp³-hybridized carbons (Fsp3) is 0.400. The zero-order valence-corrected chi connectivity index (χ0v) is 9.70. The number of halogens is 2. The first-order valence-electron chi connectivity index (χ1n) is 4.49. The monoisotopic (exact) mass is 248 g/mol. The van der Waals surface area contributed by atoms with Crippen LogP contribution in [0.3, 0.4) is 0 Å². The Labute approximate surface area is 96.7 Å². The summed E-state index contributed by atoms with van der Waals surface area (Å²) in [6.45, 7) is 0.952. The van der Waals surface area contributed by atoms with Gasteiger partial charge in [0.1, 0.15) is 5.82 Å². The third kappa shape index (κ3) is 2.13. The summed E-state index contributed by atoms with van der Waals surface area (Å²) in [7, 11) is 0. The Hall–Kier alpha value is -0.290. The van der Waals surface area contributed by atoms with Crippen molar-refractivity contribution >= 4 is 23.4 Å². The first-order valence-corrected chi connectivity index (χ1v) is 6.09. The van der Waals surface area contributed by atoms with Crippen molar-refractivity contribution < 1.29 is 13.9 Å². The molecule has 0 atom stereocenters. The topological polar surface area (TPSA) is 18.5 Å². The number of ether oxygens (including phenoxy) is 2. The molecule has 1 aromatic carbocycles. The van der Waals surface area contributed by atoms with E-state index in [2.05, 4.69) is 0 Å². The normalized spacial score (nSPS) is 17.3. The molecule has 0 saturated carbocycles. The minimum Gasteiger partial charge on any atom is -0.346 e. The molecule has 15 heavy (non-hydrogen) atoms. The third-order valence-corrected chi connectivity index (χ3v) is 3.47. The van der Waals surface area contributed by atoms with Crippen molar-refractivity contribution in [3.8, 4) is 0 Å². The minimum absolute atomic E-state index is 0.306. The Kier molecular flexibility index (Phi) is 3.51. The van der Waals surface area contributed by atoms with Crippen LogP contribution in [0.2, 0.25) is 5.02 Å². The summed E-state index contributed by atoms with van der Waals surface area (Å²) >= 11 is 7.54. The molecule has 2 rings (SSSR count). The maximum absolute atomic E-state index is 13.6. The van der Waals surface area contributed by atoms with E-state index in [1.807, 2.05) is 6.26 Å². The zero-order valence-electron chi connectivity index (χ0n) is 8.13. The standard InChI is InChI=1S/C10H10ClFO2S/c1-15-7-3-2-6(12)8(9(7)11)10-13-4-5-14-10/h2-3,10H,4-5H2,1H3. The number of rotatable bonds is 2. The van der Waals surface area contributed by atoms with Gasteiger partial charge < -0.3 is 9.47 Å². The Morgan fingerprint density at radius 3 is 2.67 bits per heavy atom. The van der Waals surface area contributed by atoms with Crippen LogP contribution in [0.4, 0.5) is 4.39 Å². The molecular formula is C10H10ClFO2S. The molecule has 82 valence electrons. The van der Waals surface area contributed by atoms with Gasteiger partial charge >= 0.3 is 0 Å². The van der Waals surface area contributed by atoms with Crippen LogP contribution in [0.5, 0.6) is 0 Å². The van der Waals surface area contributed by atoms with E-state index in [-0.39, 0.29) is 5.82 Å². The highest BCUT2D eigenvalue weighted by Gasteiger charge is 2.25. The molecule has 0 aromatic heterocycles. The molecule has 5 heteroatoms. The van der Waals surface area contributed by atoms with Gasteiger partial charge in [-0.25, -0.2) is 4.39 Å². The maximum Gasteiger partial charge on any atom is 0.188 e. The first kappa shape index (κ1) is 11.2. The Bertz CT molecular complexity index is 367. The van der Waals surface area contributed by atoms with E-state index in [4.69, 9.17) is 21.1 Å². The second-order valence-electron chi connectivity index (χ2n) is 3.05. The van der Waals surface area contributed by atoms with E-state index < -0.39 is 6.29 Å². The van der Waals surface area contributed by atoms with Crippen molar-refractivity contribution in [2.24, 2.45) is 0 Å². The Morgan fingerprint density at radius 1 is 1.40 bits per heavy atom. The van der Waals surface area contributed by atoms with Gasteiger partial charge in [0.2, 0.25) is 0 Å². The van der Waals surface area contributed by atoms with Gasteiger partial charge in [-0.2, -0.15) is 0 Å². The Morgan fingerprint density at radius 2 is 2.07 bits per heavy atom. The van der Waals surface area contributed by atoms with Crippen molar-refractivity contribution in [2.75, 3.05) is 19.5 Å². The molecule has 2 nitrogen and oxygen atoms in total. The van der Waals surface area contributed by atoms with Crippen molar-refractivity contribution in [3.63, 3.8) is 0 Å². The van der Waals surface area contributed by atoms with E-state index in [0.717, 1.165) is 4.90 Å². The first-order chi connectivity index (χ1) is 7.24. The van der Waals surface area contributed by atoms with Crippen LogP contribution in [-0.4, -0.2) is 19.5 Å². The molecule has 0 amide bonds. The van der Waals surface area contributed by atoms with Gasteiger partial charge in [-0.05, 0) is 18.4 Å². The van der Waals surface area contributed by atoms with Gasteiger partial charge in [0.15, 0.2) is 6.29 Å². The van der Waals surface area contributed by atoms with E-state index in [9.17, 15) is 4.39 Å². The summed E-state index contributed by atoms with van der Waals surface area (Å²) in [6, 6.07) is 3.04. The highest BCUT2D eigenvalue weighted by molar-refractivity contribution is 7.98. The smallest absolute Gasteiger partial charge is 0.188 e. The fourth-order valence-electron chi connectivity index (χ4n) is 1.45. The zero-order chi connectivity index (χ0) is 10.8. The molecule has 0 N–H and O–H groups in total. The summed E-state index contributed by atoms with van der Waals surface area (Å²) in [4.78, 5) is 0.826. The maximum atomic E-state index is 13.6. The van der Waals surface area contributed by atoms with E-state index in [0.29, 0.717) is 23.8 Å².